The van der Waals surface area contributed by atoms with Gasteiger partial charge in [0, 0.05) is 25.7 Å². The molecule has 2 heterocycles. The fourth-order valence-corrected chi connectivity index (χ4v) is 2.93. The van der Waals surface area contributed by atoms with Crippen molar-refractivity contribution < 1.29 is 9.13 Å². The predicted molar refractivity (Wildman–Crippen MR) is 54.1 cm³/mol. The SMILES string of the molecule is COC[C@H]1CC[C@H]2CC(C)(F)CCN12. The number of piperidine rings is 1. The molecule has 2 aliphatic rings. The van der Waals surface area contributed by atoms with E-state index in [-0.39, 0.29) is 0 Å². The smallest absolute Gasteiger partial charge is 0.111 e. The summed E-state index contributed by atoms with van der Waals surface area (Å²) in [6.45, 7) is 3.46. The lowest BCUT2D eigenvalue weighted by molar-refractivity contribution is 0.0156. The molecule has 2 rings (SSSR count). The maximum Gasteiger partial charge on any atom is 0.111 e. The molecule has 3 heteroatoms. The number of fused-ring (bicyclic) bond motifs is 1. The molecule has 82 valence electrons. The second kappa shape index (κ2) is 3.78. The van der Waals surface area contributed by atoms with E-state index >= 15 is 0 Å². The predicted octanol–water partition coefficient (Wildman–Crippen LogP) is 1.99. The summed E-state index contributed by atoms with van der Waals surface area (Å²) < 4.78 is 19.0. The molecular weight excluding hydrogens is 181 g/mol. The molecule has 2 saturated heterocycles. The first kappa shape index (κ1) is 10.4. The van der Waals surface area contributed by atoms with E-state index < -0.39 is 5.67 Å². The summed E-state index contributed by atoms with van der Waals surface area (Å²) in [6.07, 6.45) is 3.72. The minimum Gasteiger partial charge on any atom is -0.383 e. The Morgan fingerprint density at radius 2 is 2.29 bits per heavy atom. The van der Waals surface area contributed by atoms with Crippen molar-refractivity contribution in [2.24, 2.45) is 0 Å². The molecule has 0 radical (unpaired) electrons. The zero-order valence-corrected chi connectivity index (χ0v) is 9.13. The van der Waals surface area contributed by atoms with Crippen molar-refractivity contribution in [3.05, 3.63) is 0 Å². The van der Waals surface area contributed by atoms with Crippen molar-refractivity contribution in [2.45, 2.75) is 50.4 Å². The summed E-state index contributed by atoms with van der Waals surface area (Å²) in [5.74, 6) is 0. The van der Waals surface area contributed by atoms with Crippen LogP contribution >= 0.6 is 0 Å². The average molecular weight is 201 g/mol. The quantitative estimate of drug-likeness (QED) is 0.677. The summed E-state index contributed by atoms with van der Waals surface area (Å²) >= 11 is 0. The molecule has 0 amide bonds. The van der Waals surface area contributed by atoms with Crippen molar-refractivity contribution in [1.29, 1.82) is 0 Å². The van der Waals surface area contributed by atoms with Gasteiger partial charge in [-0.05, 0) is 32.6 Å². The Morgan fingerprint density at radius 3 is 3.00 bits per heavy atom. The number of halogens is 1. The zero-order valence-electron chi connectivity index (χ0n) is 9.13. The highest BCUT2D eigenvalue weighted by atomic mass is 19.1. The van der Waals surface area contributed by atoms with Gasteiger partial charge in [0.1, 0.15) is 5.67 Å². The van der Waals surface area contributed by atoms with E-state index in [1.807, 2.05) is 0 Å². The lowest BCUT2D eigenvalue weighted by Crippen LogP contribution is -2.48. The number of ether oxygens (including phenoxy) is 1. The molecule has 2 aliphatic heterocycles. The highest BCUT2D eigenvalue weighted by molar-refractivity contribution is 4.96. The second-order valence-electron chi connectivity index (χ2n) is 4.95. The first-order chi connectivity index (χ1) is 6.62. The van der Waals surface area contributed by atoms with Crippen molar-refractivity contribution >= 4 is 0 Å². The Morgan fingerprint density at radius 1 is 1.50 bits per heavy atom. The van der Waals surface area contributed by atoms with Crippen LogP contribution < -0.4 is 0 Å². The molecule has 14 heavy (non-hydrogen) atoms. The van der Waals surface area contributed by atoms with Gasteiger partial charge < -0.3 is 4.74 Å². The topological polar surface area (TPSA) is 12.5 Å². The van der Waals surface area contributed by atoms with Gasteiger partial charge in [-0.25, -0.2) is 4.39 Å². The zero-order chi connectivity index (χ0) is 10.2. The van der Waals surface area contributed by atoms with Crippen LogP contribution in [0.4, 0.5) is 4.39 Å². The maximum atomic E-state index is 13.8. The molecule has 2 fully saturated rings. The lowest BCUT2D eigenvalue weighted by Gasteiger charge is -2.39. The molecule has 0 saturated carbocycles. The van der Waals surface area contributed by atoms with Crippen LogP contribution in [-0.2, 0) is 4.74 Å². The van der Waals surface area contributed by atoms with Crippen molar-refractivity contribution in [1.82, 2.24) is 4.90 Å². The first-order valence-electron chi connectivity index (χ1n) is 5.56. The minimum atomic E-state index is -0.927. The standard InChI is InChI=1S/C11H20FNO/c1-11(12)5-6-13-9(7-11)3-4-10(13)8-14-2/h9-10H,3-8H2,1-2H3/t9-,10+,11?/m0/s1. The Bertz CT molecular complexity index is 207. The molecule has 1 unspecified atom stereocenters. The normalized spacial score (nSPS) is 43.9. The van der Waals surface area contributed by atoms with Gasteiger partial charge in [-0.2, -0.15) is 0 Å². The van der Waals surface area contributed by atoms with Crippen LogP contribution in [0.3, 0.4) is 0 Å². The molecule has 0 aromatic rings. The molecule has 0 aliphatic carbocycles. The number of hydrogen-bond acceptors (Lipinski definition) is 2. The second-order valence-corrected chi connectivity index (χ2v) is 4.95. The Hall–Kier alpha value is -0.150. The van der Waals surface area contributed by atoms with E-state index in [0.29, 0.717) is 24.9 Å². The Kier molecular flexibility index (Phi) is 2.80. The minimum absolute atomic E-state index is 0.471. The van der Waals surface area contributed by atoms with Gasteiger partial charge in [0.05, 0.1) is 6.61 Å². The van der Waals surface area contributed by atoms with Crippen LogP contribution in [0.25, 0.3) is 0 Å². The molecule has 3 atom stereocenters. The van der Waals surface area contributed by atoms with Crippen molar-refractivity contribution in [3.8, 4) is 0 Å². The van der Waals surface area contributed by atoms with E-state index in [1.54, 1.807) is 14.0 Å². The van der Waals surface area contributed by atoms with Gasteiger partial charge in [0.2, 0.25) is 0 Å². The third kappa shape index (κ3) is 1.94. The number of methoxy groups -OCH3 is 1. The molecule has 0 bridgehead atoms. The van der Waals surface area contributed by atoms with Gasteiger partial charge >= 0.3 is 0 Å². The largest absolute Gasteiger partial charge is 0.383 e. The summed E-state index contributed by atoms with van der Waals surface area (Å²) in [5, 5.41) is 0. The molecule has 0 N–H and O–H groups in total. The van der Waals surface area contributed by atoms with Gasteiger partial charge in [0.15, 0.2) is 0 Å². The van der Waals surface area contributed by atoms with E-state index in [1.165, 1.54) is 6.42 Å². The highest BCUT2D eigenvalue weighted by Crippen LogP contribution is 2.37. The lowest BCUT2D eigenvalue weighted by atomic mass is 9.90. The number of alkyl halides is 1. The third-order valence-electron chi connectivity index (χ3n) is 3.68. The van der Waals surface area contributed by atoms with Crippen LogP contribution in [0.5, 0.6) is 0 Å². The van der Waals surface area contributed by atoms with Gasteiger partial charge in [-0.15, -0.1) is 0 Å². The summed E-state index contributed by atoms with van der Waals surface area (Å²) in [6, 6.07) is 1.01. The van der Waals surface area contributed by atoms with Gasteiger partial charge in [-0.3, -0.25) is 4.90 Å². The average Bonchev–Trinajstić information content (AvgIpc) is 2.47. The van der Waals surface area contributed by atoms with Gasteiger partial charge in [0.25, 0.3) is 0 Å². The van der Waals surface area contributed by atoms with Crippen LogP contribution in [0.1, 0.15) is 32.6 Å². The molecule has 0 aromatic carbocycles. The van der Waals surface area contributed by atoms with Gasteiger partial charge in [-0.1, -0.05) is 0 Å². The summed E-state index contributed by atoms with van der Waals surface area (Å²) in [4.78, 5) is 2.45. The maximum absolute atomic E-state index is 13.8. The van der Waals surface area contributed by atoms with E-state index in [4.69, 9.17) is 4.74 Å². The van der Waals surface area contributed by atoms with Crippen molar-refractivity contribution in [3.63, 3.8) is 0 Å². The van der Waals surface area contributed by atoms with Crippen LogP contribution in [0, 0.1) is 0 Å². The van der Waals surface area contributed by atoms with E-state index in [2.05, 4.69) is 4.90 Å². The fourth-order valence-electron chi connectivity index (χ4n) is 2.93. The molecular formula is C11H20FNO. The number of hydrogen-bond donors (Lipinski definition) is 0. The third-order valence-corrected chi connectivity index (χ3v) is 3.68. The molecule has 2 nitrogen and oxygen atoms in total. The summed E-state index contributed by atoms with van der Waals surface area (Å²) in [7, 11) is 1.75. The number of rotatable bonds is 2. The summed E-state index contributed by atoms with van der Waals surface area (Å²) in [5.41, 5.74) is -0.927. The molecule has 0 aromatic heterocycles. The Balaban J connectivity index is 1.96. The molecule has 0 spiro atoms. The highest BCUT2D eigenvalue weighted by Gasteiger charge is 2.42. The van der Waals surface area contributed by atoms with Crippen LogP contribution in [0.15, 0.2) is 0 Å². The van der Waals surface area contributed by atoms with Crippen LogP contribution in [0.2, 0.25) is 0 Å². The fraction of sp³-hybridized carbons (Fsp3) is 1.00. The van der Waals surface area contributed by atoms with E-state index in [9.17, 15) is 4.39 Å². The monoisotopic (exact) mass is 201 g/mol. The van der Waals surface area contributed by atoms with Crippen molar-refractivity contribution in [2.75, 3.05) is 20.3 Å². The Labute approximate surface area is 85.4 Å². The van der Waals surface area contributed by atoms with Crippen LogP contribution in [-0.4, -0.2) is 42.9 Å². The van der Waals surface area contributed by atoms with E-state index in [0.717, 1.165) is 19.6 Å². The first-order valence-corrected chi connectivity index (χ1v) is 5.56. The number of nitrogens with zero attached hydrogens (tertiary/aromatic N) is 1.